The predicted molar refractivity (Wildman–Crippen MR) is 117 cm³/mol. The zero-order valence-electron chi connectivity index (χ0n) is 17.2. The zero-order chi connectivity index (χ0) is 22.1. The molecule has 0 saturated carbocycles. The van der Waals surface area contributed by atoms with E-state index in [1.165, 1.54) is 30.4 Å². The molecule has 0 aliphatic rings. The molecule has 3 aromatic rings. The number of amides is 1. The monoisotopic (exact) mass is 420 g/mol. The summed E-state index contributed by atoms with van der Waals surface area (Å²) in [6, 6.07) is 24.5. The molecule has 0 aromatic heterocycles. The van der Waals surface area contributed by atoms with E-state index in [9.17, 15) is 14.9 Å². The van der Waals surface area contributed by atoms with Crippen LogP contribution in [0, 0.1) is 10.1 Å². The second-order valence-corrected chi connectivity index (χ2v) is 6.89. The lowest BCUT2D eigenvalue weighted by molar-refractivity contribution is -0.385. The molecule has 0 saturated heterocycles. The van der Waals surface area contributed by atoms with Gasteiger partial charge in [-0.25, -0.2) is 0 Å². The van der Waals surface area contributed by atoms with E-state index in [2.05, 4.69) is 29.6 Å². The van der Waals surface area contributed by atoms with Crippen molar-refractivity contribution >= 4 is 11.6 Å². The van der Waals surface area contributed by atoms with Gasteiger partial charge < -0.3 is 14.8 Å². The number of rotatable bonds is 10. The van der Waals surface area contributed by atoms with Crippen molar-refractivity contribution in [3.05, 3.63) is 100 Å². The van der Waals surface area contributed by atoms with Gasteiger partial charge in [-0.15, -0.1) is 0 Å². The third-order valence-electron chi connectivity index (χ3n) is 4.88. The van der Waals surface area contributed by atoms with Gasteiger partial charge in [0.25, 0.3) is 5.91 Å². The standard InChI is InChI=1S/C24H24N2O5/c1-30-20-12-13-23(22(16-20)26(28)29)31-17-24(27)25-15-14-21(18-8-4-2-5-9-18)19-10-6-3-7-11-19/h2-13,16,21H,14-15,17H2,1H3,(H,25,27). The van der Waals surface area contributed by atoms with Crippen LogP contribution in [0.1, 0.15) is 23.5 Å². The van der Waals surface area contributed by atoms with Gasteiger partial charge >= 0.3 is 5.69 Å². The normalized spacial score (nSPS) is 10.5. The fourth-order valence-electron chi connectivity index (χ4n) is 3.34. The predicted octanol–water partition coefficient (Wildman–Crippen LogP) is 4.32. The van der Waals surface area contributed by atoms with Crippen LogP contribution in [-0.4, -0.2) is 31.1 Å². The van der Waals surface area contributed by atoms with Gasteiger partial charge in [-0.3, -0.25) is 14.9 Å². The Morgan fingerprint density at radius 1 is 1.00 bits per heavy atom. The minimum absolute atomic E-state index is 0.0207. The number of carbonyl (C=O) groups excluding carboxylic acids is 1. The van der Waals surface area contributed by atoms with E-state index >= 15 is 0 Å². The number of methoxy groups -OCH3 is 1. The number of nitro groups is 1. The Balaban J connectivity index is 1.57. The summed E-state index contributed by atoms with van der Waals surface area (Å²) in [5.41, 5.74) is 2.10. The molecule has 7 nitrogen and oxygen atoms in total. The van der Waals surface area contributed by atoms with Crippen molar-refractivity contribution in [2.24, 2.45) is 0 Å². The summed E-state index contributed by atoms with van der Waals surface area (Å²) in [5, 5.41) is 14.1. The number of carbonyl (C=O) groups is 1. The fourth-order valence-corrected chi connectivity index (χ4v) is 3.34. The summed E-state index contributed by atoms with van der Waals surface area (Å²) < 4.78 is 10.4. The minimum Gasteiger partial charge on any atom is -0.496 e. The molecular formula is C24H24N2O5. The number of nitrogens with zero attached hydrogens (tertiary/aromatic N) is 1. The van der Waals surface area contributed by atoms with Crippen LogP contribution in [0.5, 0.6) is 11.5 Å². The van der Waals surface area contributed by atoms with Crippen LogP contribution in [0.4, 0.5) is 5.69 Å². The van der Waals surface area contributed by atoms with Crippen LogP contribution >= 0.6 is 0 Å². The first kappa shape index (κ1) is 21.8. The Morgan fingerprint density at radius 2 is 1.61 bits per heavy atom. The quantitative estimate of drug-likeness (QED) is 0.390. The summed E-state index contributed by atoms with van der Waals surface area (Å²) in [6.07, 6.45) is 0.711. The van der Waals surface area contributed by atoms with E-state index in [0.29, 0.717) is 18.7 Å². The Bertz CT molecular complexity index is 969. The van der Waals surface area contributed by atoms with Gasteiger partial charge in [0.05, 0.1) is 18.1 Å². The molecule has 0 fully saturated rings. The van der Waals surface area contributed by atoms with Crippen LogP contribution in [0.15, 0.2) is 78.9 Å². The highest BCUT2D eigenvalue weighted by molar-refractivity contribution is 5.77. The van der Waals surface area contributed by atoms with Crippen LogP contribution in [-0.2, 0) is 4.79 Å². The fraction of sp³-hybridized carbons (Fsp3) is 0.208. The number of nitro benzene ring substituents is 1. The third kappa shape index (κ3) is 6.05. The lowest BCUT2D eigenvalue weighted by atomic mass is 9.88. The molecule has 1 amide bonds. The van der Waals surface area contributed by atoms with Crippen LogP contribution in [0.3, 0.4) is 0 Å². The van der Waals surface area contributed by atoms with Crippen LogP contribution in [0.25, 0.3) is 0 Å². The molecule has 0 spiro atoms. The highest BCUT2D eigenvalue weighted by Crippen LogP contribution is 2.31. The van der Waals surface area contributed by atoms with Crippen molar-refractivity contribution in [2.45, 2.75) is 12.3 Å². The Hall–Kier alpha value is -3.87. The molecule has 31 heavy (non-hydrogen) atoms. The van der Waals surface area contributed by atoms with E-state index in [4.69, 9.17) is 9.47 Å². The highest BCUT2D eigenvalue weighted by Gasteiger charge is 2.18. The molecule has 1 N–H and O–H groups in total. The maximum atomic E-state index is 12.2. The van der Waals surface area contributed by atoms with Crippen molar-refractivity contribution in [2.75, 3.05) is 20.3 Å². The topological polar surface area (TPSA) is 90.7 Å². The van der Waals surface area contributed by atoms with E-state index in [1.807, 2.05) is 36.4 Å². The molecule has 7 heteroatoms. The molecule has 0 bridgehead atoms. The van der Waals surface area contributed by atoms with Gasteiger partial charge in [0.1, 0.15) is 5.75 Å². The molecule has 3 aromatic carbocycles. The van der Waals surface area contributed by atoms with Crippen LogP contribution in [0.2, 0.25) is 0 Å². The van der Waals surface area contributed by atoms with Crippen molar-refractivity contribution in [3.8, 4) is 11.5 Å². The van der Waals surface area contributed by atoms with Crippen molar-refractivity contribution < 1.29 is 19.2 Å². The van der Waals surface area contributed by atoms with Gasteiger partial charge in [-0.1, -0.05) is 60.7 Å². The summed E-state index contributed by atoms with van der Waals surface area (Å²) in [7, 11) is 1.42. The number of benzene rings is 3. The van der Waals surface area contributed by atoms with Crippen molar-refractivity contribution in [1.29, 1.82) is 0 Å². The number of nitrogens with one attached hydrogen (secondary N) is 1. The largest absolute Gasteiger partial charge is 0.496 e. The van der Waals surface area contributed by atoms with Crippen LogP contribution < -0.4 is 14.8 Å². The van der Waals surface area contributed by atoms with Gasteiger partial charge in [0.2, 0.25) is 0 Å². The SMILES string of the molecule is COc1ccc(OCC(=O)NCCC(c2ccccc2)c2ccccc2)c([N+](=O)[O-])c1. The number of hydrogen-bond acceptors (Lipinski definition) is 5. The van der Waals surface area contributed by atoms with E-state index in [-0.39, 0.29) is 29.9 Å². The lowest BCUT2D eigenvalue weighted by Gasteiger charge is -2.18. The summed E-state index contributed by atoms with van der Waals surface area (Å²) >= 11 is 0. The molecule has 0 aliphatic heterocycles. The van der Waals surface area contributed by atoms with Gasteiger partial charge in [0, 0.05) is 12.5 Å². The molecule has 3 rings (SSSR count). The second kappa shape index (κ2) is 10.8. The maximum Gasteiger partial charge on any atom is 0.314 e. The summed E-state index contributed by atoms with van der Waals surface area (Å²) in [6.45, 7) is 0.135. The van der Waals surface area contributed by atoms with Gasteiger partial charge in [-0.05, 0) is 29.7 Å². The maximum absolute atomic E-state index is 12.2. The highest BCUT2D eigenvalue weighted by atomic mass is 16.6. The average Bonchev–Trinajstić information content (AvgIpc) is 2.81. The first-order valence-corrected chi connectivity index (χ1v) is 9.90. The zero-order valence-corrected chi connectivity index (χ0v) is 17.2. The summed E-state index contributed by atoms with van der Waals surface area (Å²) in [5.74, 6) is 0.167. The first-order valence-electron chi connectivity index (χ1n) is 9.90. The molecule has 0 atom stereocenters. The van der Waals surface area contributed by atoms with Gasteiger partial charge in [0.15, 0.2) is 12.4 Å². The third-order valence-corrected chi connectivity index (χ3v) is 4.88. The average molecular weight is 420 g/mol. The summed E-state index contributed by atoms with van der Waals surface area (Å²) in [4.78, 5) is 22.9. The van der Waals surface area contributed by atoms with E-state index in [0.717, 1.165) is 0 Å². The minimum atomic E-state index is -0.569. The van der Waals surface area contributed by atoms with E-state index < -0.39 is 4.92 Å². The smallest absolute Gasteiger partial charge is 0.314 e. The Labute approximate surface area is 180 Å². The molecule has 0 unspecified atom stereocenters. The molecule has 0 radical (unpaired) electrons. The molecule has 160 valence electrons. The molecule has 0 heterocycles. The van der Waals surface area contributed by atoms with Crippen molar-refractivity contribution in [3.63, 3.8) is 0 Å². The second-order valence-electron chi connectivity index (χ2n) is 6.89. The Kier molecular flexibility index (Phi) is 7.59. The molecule has 0 aliphatic carbocycles. The number of hydrogen-bond donors (Lipinski definition) is 1. The van der Waals surface area contributed by atoms with Crippen molar-refractivity contribution in [1.82, 2.24) is 5.32 Å². The lowest BCUT2D eigenvalue weighted by Crippen LogP contribution is -2.30. The Morgan fingerprint density at radius 3 is 2.16 bits per heavy atom. The number of ether oxygens (including phenoxy) is 2. The first-order chi connectivity index (χ1) is 15.1. The van der Waals surface area contributed by atoms with E-state index in [1.54, 1.807) is 6.07 Å². The van der Waals surface area contributed by atoms with Gasteiger partial charge in [-0.2, -0.15) is 0 Å². The molecular weight excluding hydrogens is 396 g/mol.